The lowest BCUT2D eigenvalue weighted by atomic mass is 10.0. The van der Waals surface area contributed by atoms with Crippen LogP contribution >= 0.6 is 0 Å². The molecule has 0 aliphatic heterocycles. The van der Waals surface area contributed by atoms with Crippen molar-refractivity contribution in [3.63, 3.8) is 0 Å². The Morgan fingerprint density at radius 1 is 1.30 bits per heavy atom. The molecule has 0 saturated heterocycles. The van der Waals surface area contributed by atoms with Crippen molar-refractivity contribution in [3.8, 4) is 0 Å². The highest BCUT2D eigenvalue weighted by Crippen LogP contribution is 2.17. The number of amides is 2. The summed E-state index contributed by atoms with van der Waals surface area (Å²) in [6, 6.07) is 5.59. The maximum atomic E-state index is 11.7. The maximum Gasteiger partial charge on any atom is 0.319 e. The van der Waals surface area contributed by atoms with Gasteiger partial charge in [-0.05, 0) is 36.1 Å². The molecule has 3 N–H and O–H groups in total. The second kappa shape index (κ2) is 8.55. The Morgan fingerprint density at radius 2 is 2.00 bits per heavy atom. The highest BCUT2D eigenvalue weighted by molar-refractivity contribution is 5.89. The molecule has 0 spiro atoms. The molecule has 2 amide bonds. The fourth-order valence-corrected chi connectivity index (χ4v) is 2.01. The zero-order valence-electron chi connectivity index (χ0n) is 12.4. The number of nitrogens with one attached hydrogen (secondary N) is 2. The Labute approximate surface area is 120 Å². The summed E-state index contributed by atoms with van der Waals surface area (Å²) in [5.74, 6) is 0. The summed E-state index contributed by atoms with van der Waals surface area (Å²) in [4.78, 5) is 11.7. The highest BCUT2D eigenvalue weighted by Gasteiger charge is 2.07. The van der Waals surface area contributed by atoms with E-state index in [0.29, 0.717) is 0 Å². The normalized spacial score (nSPS) is 12.0. The number of carbonyl (C=O) groups excluding carboxylic acids is 1. The van der Waals surface area contributed by atoms with E-state index in [1.54, 1.807) is 0 Å². The van der Waals surface area contributed by atoms with Crippen LogP contribution in [0.5, 0.6) is 0 Å². The molecule has 0 aliphatic rings. The molecule has 0 aromatic heterocycles. The Hall–Kier alpha value is -1.59. The smallest absolute Gasteiger partial charge is 0.319 e. The Balaban J connectivity index is 2.53. The van der Waals surface area contributed by atoms with Crippen LogP contribution in [0.25, 0.3) is 0 Å². The largest absolute Gasteiger partial charge is 0.389 e. The van der Waals surface area contributed by atoms with Crippen molar-refractivity contribution in [1.82, 2.24) is 5.32 Å². The van der Waals surface area contributed by atoms with Crippen molar-refractivity contribution >= 4 is 11.7 Å². The number of anilines is 1. The van der Waals surface area contributed by atoms with Crippen molar-refractivity contribution in [2.45, 2.75) is 32.8 Å². The molecule has 0 saturated carbocycles. The first-order chi connectivity index (χ1) is 9.60. The summed E-state index contributed by atoms with van der Waals surface area (Å²) in [6.45, 7) is 4.57. The van der Waals surface area contributed by atoms with Crippen molar-refractivity contribution in [3.05, 3.63) is 29.3 Å². The molecule has 1 unspecified atom stereocenters. The van der Waals surface area contributed by atoms with Crippen LogP contribution in [0.2, 0.25) is 0 Å². The SMILES string of the molecule is CCc1ccc(NC(=O)NCC(O)COC)cc1CC. The quantitative estimate of drug-likeness (QED) is 0.715. The van der Waals surface area contributed by atoms with Gasteiger partial charge in [0.1, 0.15) is 0 Å². The lowest BCUT2D eigenvalue weighted by Crippen LogP contribution is -2.37. The molecule has 0 heterocycles. The number of hydrogen-bond acceptors (Lipinski definition) is 3. The van der Waals surface area contributed by atoms with Crippen LogP contribution in [0.1, 0.15) is 25.0 Å². The molecule has 0 radical (unpaired) electrons. The number of methoxy groups -OCH3 is 1. The molecular weight excluding hydrogens is 256 g/mol. The van der Waals surface area contributed by atoms with Gasteiger partial charge in [0.2, 0.25) is 0 Å². The highest BCUT2D eigenvalue weighted by atomic mass is 16.5. The summed E-state index contributed by atoms with van der Waals surface area (Å²) in [6.07, 6.45) is 1.23. The van der Waals surface area contributed by atoms with E-state index in [9.17, 15) is 9.90 Å². The van der Waals surface area contributed by atoms with Crippen LogP contribution in [0.15, 0.2) is 18.2 Å². The second-order valence-corrected chi connectivity index (χ2v) is 4.63. The fraction of sp³-hybridized carbons (Fsp3) is 0.533. The Kier molecular flexibility index (Phi) is 7.04. The molecule has 5 heteroatoms. The third-order valence-electron chi connectivity index (χ3n) is 3.08. The molecule has 20 heavy (non-hydrogen) atoms. The zero-order chi connectivity index (χ0) is 15.0. The molecule has 1 aromatic rings. The molecule has 5 nitrogen and oxygen atoms in total. The zero-order valence-corrected chi connectivity index (χ0v) is 12.4. The summed E-state index contributed by atoms with van der Waals surface area (Å²) >= 11 is 0. The van der Waals surface area contributed by atoms with E-state index in [2.05, 4.69) is 24.5 Å². The number of benzene rings is 1. The number of ether oxygens (including phenoxy) is 1. The average molecular weight is 280 g/mol. The summed E-state index contributed by atoms with van der Waals surface area (Å²) in [5, 5.41) is 14.8. The molecule has 0 bridgehead atoms. The first-order valence-corrected chi connectivity index (χ1v) is 6.94. The van der Waals surface area contributed by atoms with Gasteiger partial charge in [0.05, 0.1) is 12.7 Å². The number of aryl methyl sites for hydroxylation is 2. The third kappa shape index (κ3) is 5.19. The number of rotatable bonds is 7. The van der Waals surface area contributed by atoms with Gasteiger partial charge in [0.15, 0.2) is 0 Å². The number of aliphatic hydroxyl groups is 1. The third-order valence-corrected chi connectivity index (χ3v) is 3.08. The van der Waals surface area contributed by atoms with Gasteiger partial charge in [-0.15, -0.1) is 0 Å². The summed E-state index contributed by atoms with van der Waals surface area (Å²) < 4.78 is 4.79. The van der Waals surface area contributed by atoms with E-state index in [1.807, 2.05) is 18.2 Å². The van der Waals surface area contributed by atoms with E-state index >= 15 is 0 Å². The van der Waals surface area contributed by atoms with E-state index < -0.39 is 6.10 Å². The predicted octanol–water partition coefficient (Wildman–Crippen LogP) is 1.94. The van der Waals surface area contributed by atoms with E-state index in [-0.39, 0.29) is 19.2 Å². The van der Waals surface area contributed by atoms with E-state index in [0.717, 1.165) is 18.5 Å². The van der Waals surface area contributed by atoms with Gasteiger partial charge in [0.25, 0.3) is 0 Å². The van der Waals surface area contributed by atoms with Gasteiger partial charge in [-0.3, -0.25) is 0 Å². The predicted molar refractivity (Wildman–Crippen MR) is 80.1 cm³/mol. The fourth-order valence-electron chi connectivity index (χ4n) is 2.01. The summed E-state index contributed by atoms with van der Waals surface area (Å²) in [5.41, 5.74) is 3.30. The molecular formula is C15H24N2O3. The number of aliphatic hydroxyl groups excluding tert-OH is 1. The maximum absolute atomic E-state index is 11.7. The lowest BCUT2D eigenvalue weighted by Gasteiger charge is -2.13. The number of carbonyl (C=O) groups is 1. The first kappa shape index (κ1) is 16.5. The van der Waals surface area contributed by atoms with Crippen molar-refractivity contribution in [2.24, 2.45) is 0 Å². The van der Waals surface area contributed by atoms with Crippen LogP contribution in [0.4, 0.5) is 10.5 Å². The van der Waals surface area contributed by atoms with Gasteiger partial charge >= 0.3 is 6.03 Å². The topological polar surface area (TPSA) is 70.6 Å². The first-order valence-electron chi connectivity index (χ1n) is 6.94. The minimum Gasteiger partial charge on any atom is -0.389 e. The van der Waals surface area contributed by atoms with E-state index in [4.69, 9.17) is 4.74 Å². The van der Waals surface area contributed by atoms with Gasteiger partial charge in [0, 0.05) is 19.3 Å². The van der Waals surface area contributed by atoms with Crippen LogP contribution in [0, 0.1) is 0 Å². The van der Waals surface area contributed by atoms with E-state index in [1.165, 1.54) is 18.2 Å². The van der Waals surface area contributed by atoms with Crippen LogP contribution < -0.4 is 10.6 Å². The van der Waals surface area contributed by atoms with Crippen LogP contribution in [-0.4, -0.2) is 37.5 Å². The van der Waals surface area contributed by atoms with Crippen molar-refractivity contribution in [2.75, 3.05) is 25.6 Å². The summed E-state index contributed by atoms with van der Waals surface area (Å²) in [7, 11) is 1.50. The van der Waals surface area contributed by atoms with Crippen LogP contribution in [0.3, 0.4) is 0 Å². The molecule has 112 valence electrons. The van der Waals surface area contributed by atoms with Gasteiger partial charge in [-0.25, -0.2) is 4.79 Å². The Bertz CT molecular complexity index is 435. The monoisotopic (exact) mass is 280 g/mol. The lowest BCUT2D eigenvalue weighted by molar-refractivity contribution is 0.0663. The second-order valence-electron chi connectivity index (χ2n) is 4.63. The number of hydrogen-bond donors (Lipinski definition) is 3. The molecule has 1 aromatic carbocycles. The standard InChI is InChI=1S/C15H24N2O3/c1-4-11-6-7-13(8-12(11)5-2)17-15(19)16-9-14(18)10-20-3/h6-8,14,18H,4-5,9-10H2,1-3H3,(H2,16,17,19). The molecule has 0 aliphatic carbocycles. The van der Waals surface area contributed by atoms with Crippen LogP contribution in [-0.2, 0) is 17.6 Å². The van der Waals surface area contributed by atoms with Crippen molar-refractivity contribution in [1.29, 1.82) is 0 Å². The van der Waals surface area contributed by atoms with Gasteiger partial charge < -0.3 is 20.5 Å². The number of urea groups is 1. The minimum atomic E-state index is -0.695. The van der Waals surface area contributed by atoms with Crippen molar-refractivity contribution < 1.29 is 14.6 Å². The van der Waals surface area contributed by atoms with Gasteiger partial charge in [-0.1, -0.05) is 19.9 Å². The molecule has 1 atom stereocenters. The van der Waals surface area contributed by atoms with Gasteiger partial charge in [-0.2, -0.15) is 0 Å². The Morgan fingerprint density at radius 3 is 2.60 bits per heavy atom. The molecule has 1 rings (SSSR count). The molecule has 0 fully saturated rings. The average Bonchev–Trinajstić information content (AvgIpc) is 2.45. The minimum absolute atomic E-state index is 0.160.